The lowest BCUT2D eigenvalue weighted by atomic mass is 9.51. The van der Waals surface area contributed by atoms with Gasteiger partial charge in [-0.05, 0) is 50.8 Å². The van der Waals surface area contributed by atoms with E-state index in [9.17, 15) is 14.9 Å². The predicted molar refractivity (Wildman–Crippen MR) is 109 cm³/mol. The Morgan fingerprint density at radius 3 is 2.30 bits per heavy atom. The van der Waals surface area contributed by atoms with E-state index in [4.69, 9.17) is 14.2 Å². The number of benzene rings is 1. The Morgan fingerprint density at radius 1 is 1.13 bits per heavy atom. The number of methoxy groups -OCH3 is 1. The van der Waals surface area contributed by atoms with Crippen LogP contribution in [0, 0.1) is 28.1 Å². The second-order valence-electron chi connectivity index (χ2n) is 8.03. The first kappa shape index (κ1) is 22.1. The third-order valence-electron chi connectivity index (χ3n) is 6.61. The molecule has 1 saturated heterocycles. The summed E-state index contributed by atoms with van der Waals surface area (Å²) in [6.07, 6.45) is 2.04. The number of ether oxygens (including phenoxy) is 3. The summed E-state index contributed by atoms with van der Waals surface area (Å²) in [5.74, 6) is -0.868. The molecule has 0 radical (unpaired) electrons. The summed E-state index contributed by atoms with van der Waals surface area (Å²) in [6, 6.07) is 10.1. The van der Waals surface area contributed by atoms with Gasteiger partial charge in [0, 0.05) is 18.5 Å². The molecule has 7 nitrogen and oxygen atoms in total. The van der Waals surface area contributed by atoms with Gasteiger partial charge in [-0.1, -0.05) is 18.6 Å². The van der Waals surface area contributed by atoms with E-state index in [1.54, 1.807) is 21.0 Å². The summed E-state index contributed by atoms with van der Waals surface area (Å²) < 4.78 is 16.0. The van der Waals surface area contributed by atoms with Crippen LogP contribution in [0.2, 0.25) is 0 Å². The number of piperidine rings is 1. The Kier molecular flexibility index (Phi) is 6.67. The van der Waals surface area contributed by atoms with Gasteiger partial charge in [-0.2, -0.15) is 5.26 Å². The first-order valence-corrected chi connectivity index (χ1v) is 10.6. The fourth-order valence-electron chi connectivity index (χ4n) is 5.12. The van der Waals surface area contributed by atoms with Crippen LogP contribution in [-0.2, 0) is 19.1 Å². The molecule has 1 aliphatic heterocycles. The standard InChI is InChI=1S/C23H30N2O5/c1-4-29-20(26)23(21(27)30-5-2)12-6-11-22(14-24)15-25-18(13-19(22)23)16-7-9-17(28-3)10-8-16/h7-10,18-19,25H,4-6,11-13,15H2,1-3H3/t18-,19-,22+/m1/s1. The highest BCUT2D eigenvalue weighted by molar-refractivity contribution is 6.01. The summed E-state index contributed by atoms with van der Waals surface area (Å²) >= 11 is 0. The maximum absolute atomic E-state index is 13.2. The molecular weight excluding hydrogens is 384 g/mol. The Labute approximate surface area is 177 Å². The molecule has 0 bridgehead atoms. The van der Waals surface area contributed by atoms with Crippen molar-refractivity contribution in [2.24, 2.45) is 16.7 Å². The normalized spacial score (nSPS) is 27.3. The van der Waals surface area contributed by atoms with Gasteiger partial charge in [-0.25, -0.2) is 0 Å². The number of nitrogens with zero attached hydrogens (tertiary/aromatic N) is 1. The summed E-state index contributed by atoms with van der Waals surface area (Å²) in [5.41, 5.74) is -1.25. The van der Waals surface area contributed by atoms with Crippen LogP contribution in [0.25, 0.3) is 0 Å². The Morgan fingerprint density at radius 2 is 1.77 bits per heavy atom. The van der Waals surface area contributed by atoms with Gasteiger partial charge in [-0.15, -0.1) is 0 Å². The molecule has 1 aromatic carbocycles. The lowest BCUT2D eigenvalue weighted by Crippen LogP contribution is -2.61. The molecule has 30 heavy (non-hydrogen) atoms. The van der Waals surface area contributed by atoms with Crippen molar-refractivity contribution in [1.82, 2.24) is 5.32 Å². The average Bonchev–Trinajstić information content (AvgIpc) is 2.78. The number of rotatable bonds is 6. The van der Waals surface area contributed by atoms with Gasteiger partial charge in [0.2, 0.25) is 0 Å². The Hall–Kier alpha value is -2.59. The maximum Gasteiger partial charge on any atom is 0.323 e. The minimum atomic E-state index is -1.45. The molecule has 1 aliphatic carbocycles. The summed E-state index contributed by atoms with van der Waals surface area (Å²) in [4.78, 5) is 26.4. The predicted octanol–water partition coefficient (Wildman–Crippen LogP) is 3.15. The molecule has 7 heteroatoms. The van der Waals surface area contributed by atoms with E-state index in [0.717, 1.165) is 11.3 Å². The number of hydrogen-bond donors (Lipinski definition) is 1. The van der Waals surface area contributed by atoms with Crippen molar-refractivity contribution in [3.8, 4) is 11.8 Å². The van der Waals surface area contributed by atoms with Crippen LogP contribution in [0.15, 0.2) is 24.3 Å². The van der Waals surface area contributed by atoms with Crippen molar-refractivity contribution in [1.29, 1.82) is 5.26 Å². The Balaban J connectivity index is 2.03. The van der Waals surface area contributed by atoms with Gasteiger partial charge in [-0.3, -0.25) is 9.59 Å². The van der Waals surface area contributed by atoms with E-state index < -0.39 is 28.7 Å². The molecule has 1 heterocycles. The highest BCUT2D eigenvalue weighted by Crippen LogP contribution is 2.57. The smallest absolute Gasteiger partial charge is 0.323 e. The molecule has 0 amide bonds. The van der Waals surface area contributed by atoms with Crippen molar-refractivity contribution >= 4 is 11.9 Å². The molecule has 2 fully saturated rings. The molecule has 162 valence electrons. The van der Waals surface area contributed by atoms with Gasteiger partial charge in [0.25, 0.3) is 0 Å². The molecule has 3 atom stereocenters. The van der Waals surface area contributed by atoms with Crippen LogP contribution in [0.5, 0.6) is 5.75 Å². The topological polar surface area (TPSA) is 97.7 Å². The SMILES string of the molecule is CCOC(=O)C1(C(=O)OCC)CCC[C@]2(C#N)CN[C@@H](c3ccc(OC)cc3)C[C@@H]12. The summed E-state index contributed by atoms with van der Waals surface area (Å²) in [5, 5.41) is 13.6. The maximum atomic E-state index is 13.2. The fraction of sp³-hybridized carbons (Fsp3) is 0.609. The van der Waals surface area contributed by atoms with Crippen LogP contribution in [-0.4, -0.2) is 38.8 Å². The first-order valence-electron chi connectivity index (χ1n) is 10.6. The van der Waals surface area contributed by atoms with E-state index in [0.29, 0.717) is 32.2 Å². The van der Waals surface area contributed by atoms with Gasteiger partial charge in [0.1, 0.15) is 5.75 Å². The van der Waals surface area contributed by atoms with E-state index in [2.05, 4.69) is 11.4 Å². The highest BCUT2D eigenvalue weighted by atomic mass is 16.6. The minimum Gasteiger partial charge on any atom is -0.497 e. The molecule has 2 aliphatic rings. The van der Waals surface area contributed by atoms with Crippen LogP contribution in [0.1, 0.15) is 51.1 Å². The zero-order valence-corrected chi connectivity index (χ0v) is 17.9. The lowest BCUT2D eigenvalue weighted by molar-refractivity contribution is -0.187. The Bertz CT molecular complexity index is 798. The number of esters is 2. The molecule has 1 N–H and O–H groups in total. The second kappa shape index (κ2) is 9.05. The second-order valence-corrected chi connectivity index (χ2v) is 8.03. The molecule has 0 spiro atoms. The van der Waals surface area contributed by atoms with Crippen molar-refractivity contribution < 1.29 is 23.8 Å². The number of nitriles is 1. The van der Waals surface area contributed by atoms with Crippen LogP contribution >= 0.6 is 0 Å². The van der Waals surface area contributed by atoms with Crippen molar-refractivity contribution in [3.05, 3.63) is 29.8 Å². The third-order valence-corrected chi connectivity index (χ3v) is 6.61. The summed E-state index contributed by atoms with van der Waals surface area (Å²) in [6.45, 7) is 4.20. The van der Waals surface area contributed by atoms with Crippen molar-refractivity contribution in [2.75, 3.05) is 26.9 Å². The molecular formula is C23H30N2O5. The fourth-order valence-corrected chi connectivity index (χ4v) is 5.12. The van der Waals surface area contributed by atoms with Gasteiger partial charge >= 0.3 is 11.9 Å². The molecule has 3 rings (SSSR count). The van der Waals surface area contributed by atoms with E-state index >= 15 is 0 Å². The highest BCUT2D eigenvalue weighted by Gasteiger charge is 2.65. The molecule has 1 saturated carbocycles. The molecule has 0 aromatic heterocycles. The number of hydrogen-bond acceptors (Lipinski definition) is 7. The average molecular weight is 415 g/mol. The number of carbonyl (C=O) groups excluding carboxylic acids is 2. The monoisotopic (exact) mass is 414 g/mol. The quantitative estimate of drug-likeness (QED) is 0.564. The van der Waals surface area contributed by atoms with Crippen molar-refractivity contribution in [2.45, 2.75) is 45.6 Å². The zero-order chi connectivity index (χ0) is 21.8. The van der Waals surface area contributed by atoms with Gasteiger partial charge < -0.3 is 19.5 Å². The van der Waals surface area contributed by atoms with E-state index in [1.807, 2.05) is 24.3 Å². The van der Waals surface area contributed by atoms with Crippen LogP contribution < -0.4 is 10.1 Å². The number of fused-ring (bicyclic) bond motifs is 1. The van der Waals surface area contributed by atoms with E-state index in [1.165, 1.54) is 0 Å². The minimum absolute atomic E-state index is 0.0938. The first-order chi connectivity index (χ1) is 14.5. The van der Waals surface area contributed by atoms with Gasteiger partial charge in [0.15, 0.2) is 5.41 Å². The van der Waals surface area contributed by atoms with Gasteiger partial charge in [0.05, 0.1) is 31.8 Å². The lowest BCUT2D eigenvalue weighted by Gasteiger charge is -2.52. The number of carbonyl (C=O) groups is 2. The third kappa shape index (κ3) is 3.65. The van der Waals surface area contributed by atoms with E-state index in [-0.39, 0.29) is 19.3 Å². The summed E-state index contributed by atoms with van der Waals surface area (Å²) in [7, 11) is 1.62. The molecule has 0 unspecified atom stereocenters. The van der Waals surface area contributed by atoms with Crippen molar-refractivity contribution in [3.63, 3.8) is 0 Å². The zero-order valence-electron chi connectivity index (χ0n) is 17.9. The largest absolute Gasteiger partial charge is 0.497 e. The number of nitrogens with one attached hydrogen (secondary N) is 1. The van der Waals surface area contributed by atoms with Crippen LogP contribution in [0.4, 0.5) is 0 Å². The van der Waals surface area contributed by atoms with Crippen LogP contribution in [0.3, 0.4) is 0 Å². The molecule has 1 aromatic rings.